The fourth-order valence-electron chi connectivity index (χ4n) is 2.56. The Morgan fingerprint density at radius 1 is 1.04 bits per heavy atom. The first-order valence-electron chi connectivity index (χ1n) is 7.34. The number of aromatic nitrogens is 2. The number of para-hydroxylation sites is 1. The molecule has 0 saturated heterocycles. The van der Waals surface area contributed by atoms with Crippen LogP contribution in [-0.4, -0.2) is 9.55 Å². The summed E-state index contributed by atoms with van der Waals surface area (Å²) >= 11 is 1.57. The molecule has 6 heteroatoms. The summed E-state index contributed by atoms with van der Waals surface area (Å²) in [5.74, 6) is 0. The second-order valence-corrected chi connectivity index (χ2v) is 6.13. The highest BCUT2D eigenvalue weighted by molar-refractivity contribution is 7.13. The van der Waals surface area contributed by atoms with Gasteiger partial charge in [-0.05, 0) is 11.2 Å². The number of rotatable bonds is 3. The van der Waals surface area contributed by atoms with Gasteiger partial charge in [0.25, 0.3) is 0 Å². The van der Waals surface area contributed by atoms with E-state index in [2.05, 4.69) is 39.5 Å². The molecule has 0 aliphatic carbocycles. The van der Waals surface area contributed by atoms with E-state index in [0.29, 0.717) is 0 Å². The Bertz CT molecular complexity index is 989. The van der Waals surface area contributed by atoms with E-state index >= 15 is 0 Å². The van der Waals surface area contributed by atoms with Crippen LogP contribution < -0.4 is 12.4 Å². The molecule has 0 bridgehead atoms. The van der Waals surface area contributed by atoms with Gasteiger partial charge in [-0.25, -0.2) is 4.57 Å². The first kappa shape index (κ1) is 16.4. The Kier molecular flexibility index (Phi) is 4.74. The molecule has 0 fully saturated rings. The highest BCUT2D eigenvalue weighted by Gasteiger charge is 2.13. The maximum Gasteiger partial charge on any atom is 0.317 e. The van der Waals surface area contributed by atoms with Crippen molar-refractivity contribution in [3.05, 3.63) is 66.2 Å². The van der Waals surface area contributed by atoms with Crippen molar-refractivity contribution in [3.8, 4) is 11.3 Å². The van der Waals surface area contributed by atoms with Gasteiger partial charge in [-0.1, -0.05) is 48.5 Å². The summed E-state index contributed by atoms with van der Waals surface area (Å²) in [5.41, 5.74) is 4.04. The van der Waals surface area contributed by atoms with Crippen LogP contribution in [0.15, 0.2) is 76.4 Å². The Morgan fingerprint density at radius 2 is 1.79 bits per heavy atom. The molecule has 1 N–H and O–H groups in total. The highest BCUT2D eigenvalue weighted by Crippen LogP contribution is 2.38. The van der Waals surface area contributed by atoms with Crippen molar-refractivity contribution in [2.75, 3.05) is 0 Å². The van der Waals surface area contributed by atoms with E-state index in [0.717, 1.165) is 33.0 Å². The second-order valence-electron chi connectivity index (χ2n) is 5.26. The average molecular weight is 355 g/mol. The minimum absolute atomic E-state index is 0. The number of nitrogens with one attached hydrogen (secondary N) is 1. The number of benzene rings is 2. The van der Waals surface area contributed by atoms with Crippen LogP contribution in [0.2, 0.25) is 0 Å². The third kappa shape index (κ3) is 2.96. The lowest BCUT2D eigenvalue weighted by atomic mass is 10.1. The van der Waals surface area contributed by atoms with Crippen molar-refractivity contribution >= 4 is 33.1 Å². The van der Waals surface area contributed by atoms with Gasteiger partial charge in [0.2, 0.25) is 0 Å². The monoisotopic (exact) mass is 354 g/mol. The molecule has 0 saturated carbocycles. The van der Waals surface area contributed by atoms with Gasteiger partial charge in [-0.2, -0.15) is 0 Å². The summed E-state index contributed by atoms with van der Waals surface area (Å²) in [7, 11) is 1.97. The van der Waals surface area contributed by atoms with Crippen molar-refractivity contribution in [1.29, 1.82) is 0 Å². The number of H-pyrrole nitrogens is 1. The van der Waals surface area contributed by atoms with Crippen LogP contribution in [0.3, 0.4) is 0 Å². The number of hydrogen-bond donors (Lipinski definition) is 1. The Labute approximate surface area is 149 Å². The lowest BCUT2D eigenvalue weighted by Gasteiger charge is -1.99. The average Bonchev–Trinajstić information content (AvgIpc) is 3.17. The first-order valence-corrected chi connectivity index (χ1v) is 8.22. The molecule has 2 aromatic heterocycles. The van der Waals surface area contributed by atoms with Gasteiger partial charge in [0.1, 0.15) is 5.69 Å². The van der Waals surface area contributed by atoms with Crippen molar-refractivity contribution in [3.63, 3.8) is 0 Å². The molecule has 0 spiro atoms. The zero-order valence-corrected chi connectivity index (χ0v) is 14.6. The van der Waals surface area contributed by atoms with E-state index in [1.165, 1.54) is 0 Å². The van der Waals surface area contributed by atoms with Crippen molar-refractivity contribution < 1.29 is 12.4 Å². The van der Waals surface area contributed by atoms with Gasteiger partial charge in [0.05, 0.1) is 5.69 Å². The van der Waals surface area contributed by atoms with E-state index in [-0.39, 0.29) is 12.4 Å². The van der Waals surface area contributed by atoms with Gasteiger partial charge < -0.3 is 17.4 Å². The normalized spacial score (nSPS) is 11.0. The molecule has 24 heavy (non-hydrogen) atoms. The Hall–Kier alpha value is -2.50. The molecule has 4 rings (SSSR count). The maximum atomic E-state index is 4.56. The maximum absolute atomic E-state index is 4.56. The number of aryl methyl sites for hydroxylation is 1. The molecule has 2 heterocycles. The number of azo groups is 1. The molecule has 2 aromatic carbocycles. The summed E-state index contributed by atoms with van der Waals surface area (Å²) in [6.07, 6.45) is 1.98. The summed E-state index contributed by atoms with van der Waals surface area (Å²) in [6.45, 7) is 0. The van der Waals surface area contributed by atoms with Crippen molar-refractivity contribution in [2.45, 2.75) is 0 Å². The standard InChI is InChI=1S/C18H15N4S.ClH/c1-22-11-12-23-18(22)21-20-17-14-9-5-6-10-15(14)19-16(17)13-7-3-2-4-8-13;/h2-12,19H,1H3;1H/q+1;/p-1. The molecule has 0 radical (unpaired) electrons. The third-order valence-corrected chi connectivity index (χ3v) is 4.57. The van der Waals surface area contributed by atoms with E-state index in [9.17, 15) is 0 Å². The smallest absolute Gasteiger partial charge is 0.317 e. The summed E-state index contributed by atoms with van der Waals surface area (Å²) in [4.78, 5) is 3.47. The van der Waals surface area contributed by atoms with Crippen LogP contribution >= 0.6 is 11.3 Å². The molecule has 4 nitrogen and oxygen atoms in total. The van der Waals surface area contributed by atoms with Crippen LogP contribution in [0.5, 0.6) is 0 Å². The molecular formula is C18H15ClN4S. The molecule has 120 valence electrons. The predicted molar refractivity (Wildman–Crippen MR) is 95.6 cm³/mol. The SMILES string of the molecule is Cn1ccs[c+]1N=Nc1c(-c2ccccc2)[nH]c2ccccc12.[Cl-]. The zero-order valence-electron chi connectivity index (χ0n) is 13.0. The largest absolute Gasteiger partial charge is 1.00 e. The van der Waals surface area contributed by atoms with Crippen LogP contribution in [0.1, 0.15) is 0 Å². The minimum atomic E-state index is 0. The van der Waals surface area contributed by atoms with Crippen LogP contribution in [-0.2, 0) is 7.05 Å². The molecular weight excluding hydrogens is 340 g/mol. The lowest BCUT2D eigenvalue weighted by molar-refractivity contribution is -0.00000457. The number of nitrogens with zero attached hydrogens (tertiary/aromatic N) is 3. The van der Waals surface area contributed by atoms with E-state index < -0.39 is 0 Å². The predicted octanol–water partition coefficient (Wildman–Crippen LogP) is 2.94. The van der Waals surface area contributed by atoms with Gasteiger partial charge >= 0.3 is 5.13 Å². The summed E-state index contributed by atoms with van der Waals surface area (Å²) in [6, 6.07) is 18.4. The van der Waals surface area contributed by atoms with Crippen molar-refractivity contribution in [1.82, 2.24) is 9.55 Å². The molecule has 0 aliphatic rings. The summed E-state index contributed by atoms with van der Waals surface area (Å²) < 4.78 is 1.96. The number of halogens is 1. The first-order chi connectivity index (χ1) is 11.3. The topological polar surface area (TPSA) is 45.4 Å². The van der Waals surface area contributed by atoms with Crippen molar-refractivity contribution in [2.24, 2.45) is 17.3 Å². The number of thiazole rings is 1. The van der Waals surface area contributed by atoms with Crippen LogP contribution in [0.25, 0.3) is 22.2 Å². The minimum Gasteiger partial charge on any atom is -1.00 e. The molecule has 0 amide bonds. The van der Waals surface area contributed by atoms with E-state index in [4.69, 9.17) is 0 Å². The number of fused-ring (bicyclic) bond motifs is 1. The lowest BCUT2D eigenvalue weighted by Crippen LogP contribution is -3.00. The zero-order chi connectivity index (χ0) is 15.6. The van der Waals surface area contributed by atoms with Gasteiger partial charge in [0.15, 0.2) is 11.6 Å². The van der Waals surface area contributed by atoms with Crippen LogP contribution in [0.4, 0.5) is 10.8 Å². The Morgan fingerprint density at radius 3 is 2.54 bits per heavy atom. The third-order valence-electron chi connectivity index (χ3n) is 3.74. The van der Waals surface area contributed by atoms with Gasteiger partial charge in [-0.3, -0.25) is 0 Å². The molecule has 0 atom stereocenters. The number of aromatic amines is 1. The second kappa shape index (κ2) is 6.95. The van der Waals surface area contributed by atoms with Gasteiger partial charge in [0, 0.05) is 34.9 Å². The highest BCUT2D eigenvalue weighted by atomic mass is 35.5. The molecule has 0 aliphatic heterocycles. The van der Waals surface area contributed by atoms with E-state index in [1.54, 1.807) is 11.3 Å². The molecule has 0 unspecified atom stereocenters. The number of hydrogen-bond acceptors (Lipinski definition) is 3. The fourth-order valence-corrected chi connectivity index (χ4v) is 3.24. The summed E-state index contributed by atoms with van der Waals surface area (Å²) in [5, 5.41) is 12.9. The molecule has 4 aromatic rings. The van der Waals surface area contributed by atoms with Gasteiger partial charge in [-0.15, -0.1) is 5.11 Å². The fraction of sp³-hybridized carbons (Fsp3) is 0.0556. The quantitative estimate of drug-likeness (QED) is 0.434. The van der Waals surface area contributed by atoms with Crippen LogP contribution in [0, 0.1) is 0 Å². The van der Waals surface area contributed by atoms with E-state index in [1.807, 2.05) is 53.5 Å². The Balaban J connectivity index is 0.00000169.